The molecule has 1 aliphatic rings. The minimum atomic E-state index is 0.980. The third-order valence-electron chi connectivity index (χ3n) is 5.06. The maximum absolute atomic E-state index is 2.39. The molecule has 0 atom stereocenters. The molecular weight excluding hydrogens is 290 g/mol. The van der Waals surface area contributed by atoms with Gasteiger partial charge in [0.05, 0.1) is 5.56 Å². The molecule has 0 spiro atoms. The van der Waals surface area contributed by atoms with Gasteiger partial charge in [-0.15, -0.1) is 0 Å². The highest BCUT2D eigenvalue weighted by Gasteiger charge is 2.26. The van der Waals surface area contributed by atoms with Crippen molar-refractivity contribution in [1.82, 2.24) is 0 Å². The number of benzene rings is 2. The molecule has 2 heterocycles. The summed E-state index contributed by atoms with van der Waals surface area (Å²) in [6, 6.07) is 20.2. The van der Waals surface area contributed by atoms with Gasteiger partial charge >= 0.3 is 0 Å². The zero-order valence-corrected chi connectivity index (χ0v) is 14.5. The Labute approximate surface area is 144 Å². The Morgan fingerprint density at radius 2 is 1.83 bits per heavy atom. The second kappa shape index (κ2) is 6.24. The summed E-state index contributed by atoms with van der Waals surface area (Å²) in [4.78, 5) is 0. The molecule has 120 valence electrons. The first kappa shape index (κ1) is 15.1. The van der Waals surface area contributed by atoms with E-state index in [1.807, 2.05) is 0 Å². The van der Waals surface area contributed by atoms with Crippen LogP contribution in [0.2, 0.25) is 0 Å². The Balaban J connectivity index is 1.75. The van der Waals surface area contributed by atoms with E-state index < -0.39 is 0 Å². The zero-order chi connectivity index (χ0) is 16.5. The maximum Gasteiger partial charge on any atom is 0.213 e. The molecule has 0 aliphatic carbocycles. The summed E-state index contributed by atoms with van der Waals surface area (Å²) in [5.41, 5.74) is 9.63. The van der Waals surface area contributed by atoms with Crippen LogP contribution in [0, 0.1) is 6.92 Å². The number of fused-ring (bicyclic) bond motifs is 3. The summed E-state index contributed by atoms with van der Waals surface area (Å²) >= 11 is 0. The first-order valence-electron chi connectivity index (χ1n) is 8.98. The Kier molecular flexibility index (Phi) is 3.93. The number of rotatable bonds is 4. The van der Waals surface area contributed by atoms with Gasteiger partial charge in [-0.05, 0) is 42.5 Å². The first-order chi connectivity index (χ1) is 11.8. The lowest BCUT2D eigenvalue weighted by molar-refractivity contribution is -0.671. The van der Waals surface area contributed by atoms with Crippen molar-refractivity contribution in [1.29, 1.82) is 0 Å². The average molecular weight is 314 g/mol. The third-order valence-corrected chi connectivity index (χ3v) is 5.06. The van der Waals surface area contributed by atoms with Crippen LogP contribution in [0.3, 0.4) is 0 Å². The van der Waals surface area contributed by atoms with E-state index in [0.29, 0.717) is 0 Å². The minimum absolute atomic E-state index is 0.980. The van der Waals surface area contributed by atoms with Gasteiger partial charge < -0.3 is 0 Å². The molecule has 3 aromatic rings. The predicted octanol–water partition coefficient (Wildman–Crippen LogP) is 5.32. The maximum atomic E-state index is 2.39. The molecule has 0 radical (unpaired) electrons. The van der Waals surface area contributed by atoms with Crippen molar-refractivity contribution in [2.24, 2.45) is 0 Å². The van der Waals surface area contributed by atoms with Crippen molar-refractivity contribution >= 4 is 0 Å². The minimum Gasteiger partial charge on any atom is -0.193 e. The number of unbranched alkanes of at least 4 members (excludes halogenated alkanes) is 1. The highest BCUT2D eigenvalue weighted by Crippen LogP contribution is 2.31. The van der Waals surface area contributed by atoms with E-state index >= 15 is 0 Å². The van der Waals surface area contributed by atoms with Crippen LogP contribution in [0.5, 0.6) is 0 Å². The number of hydrogen-bond acceptors (Lipinski definition) is 0. The fraction of sp³-hybridized carbons (Fsp3) is 0.261. The van der Waals surface area contributed by atoms with Crippen LogP contribution in [0.15, 0.2) is 60.8 Å². The van der Waals surface area contributed by atoms with Gasteiger partial charge in [0.15, 0.2) is 12.7 Å². The van der Waals surface area contributed by atoms with E-state index in [2.05, 4.69) is 79.2 Å². The molecule has 0 bridgehead atoms. The van der Waals surface area contributed by atoms with Gasteiger partial charge in [-0.25, -0.2) is 0 Å². The largest absolute Gasteiger partial charge is 0.213 e. The monoisotopic (exact) mass is 314 g/mol. The number of aromatic nitrogens is 1. The van der Waals surface area contributed by atoms with Crippen LogP contribution in [-0.4, -0.2) is 0 Å². The highest BCUT2D eigenvalue weighted by molar-refractivity contribution is 5.71. The molecule has 0 fully saturated rings. The molecule has 2 aromatic carbocycles. The van der Waals surface area contributed by atoms with Crippen molar-refractivity contribution in [2.45, 2.75) is 39.7 Å². The normalized spacial score (nSPS) is 12.1. The molecule has 0 unspecified atom stereocenters. The number of pyridine rings is 1. The number of aryl methyl sites for hydroxylation is 2. The summed E-state index contributed by atoms with van der Waals surface area (Å²) in [5.74, 6) is 0. The van der Waals surface area contributed by atoms with Gasteiger partial charge in [0.2, 0.25) is 5.69 Å². The lowest BCUT2D eigenvalue weighted by Gasteiger charge is -2.08. The van der Waals surface area contributed by atoms with E-state index in [1.54, 1.807) is 0 Å². The van der Waals surface area contributed by atoms with E-state index in [0.717, 1.165) is 6.54 Å². The second-order valence-electron chi connectivity index (χ2n) is 6.84. The summed E-state index contributed by atoms with van der Waals surface area (Å²) in [6.45, 7) is 5.47. The Hall–Kier alpha value is -2.41. The van der Waals surface area contributed by atoms with E-state index in [4.69, 9.17) is 0 Å². The molecule has 1 aromatic heterocycles. The Morgan fingerprint density at radius 3 is 2.71 bits per heavy atom. The molecule has 24 heavy (non-hydrogen) atoms. The Morgan fingerprint density at radius 1 is 0.958 bits per heavy atom. The Bertz CT molecular complexity index is 892. The molecule has 0 saturated carbocycles. The van der Waals surface area contributed by atoms with Gasteiger partial charge in [0.25, 0.3) is 0 Å². The van der Waals surface area contributed by atoms with Crippen molar-refractivity contribution in [3.8, 4) is 22.4 Å². The lowest BCUT2D eigenvalue weighted by atomic mass is 9.97. The van der Waals surface area contributed by atoms with Crippen molar-refractivity contribution < 1.29 is 4.57 Å². The first-order valence-corrected chi connectivity index (χ1v) is 8.98. The molecule has 1 nitrogen and oxygen atoms in total. The smallest absolute Gasteiger partial charge is 0.193 e. The van der Waals surface area contributed by atoms with Gasteiger partial charge in [-0.2, -0.15) is 4.57 Å². The lowest BCUT2D eigenvalue weighted by Crippen LogP contribution is -2.32. The topological polar surface area (TPSA) is 3.88 Å². The molecular formula is C23H24N+. The molecule has 1 aliphatic heterocycles. The summed E-state index contributed by atoms with van der Waals surface area (Å²) in [5, 5.41) is 0. The van der Waals surface area contributed by atoms with Crippen LogP contribution < -0.4 is 4.57 Å². The van der Waals surface area contributed by atoms with Crippen LogP contribution in [0.4, 0.5) is 0 Å². The zero-order valence-electron chi connectivity index (χ0n) is 14.5. The van der Waals surface area contributed by atoms with Crippen LogP contribution in [0.25, 0.3) is 22.4 Å². The van der Waals surface area contributed by atoms with E-state index in [-0.39, 0.29) is 0 Å². The quantitative estimate of drug-likeness (QED) is 0.449. The van der Waals surface area contributed by atoms with Crippen LogP contribution in [0.1, 0.15) is 36.5 Å². The van der Waals surface area contributed by atoms with Crippen LogP contribution in [-0.2, 0) is 13.0 Å². The molecule has 0 N–H and O–H groups in total. The third kappa shape index (κ3) is 2.65. The summed E-state index contributed by atoms with van der Waals surface area (Å²) in [7, 11) is 0. The fourth-order valence-electron chi connectivity index (χ4n) is 3.73. The standard InChI is InChI=1S/C23H24N/c1-3-4-8-18-9-7-11-19(14-18)22-16-24-15-20-10-5-6-12-21(20)23(24)13-17(22)2/h5-7,9-14,16H,3-4,8,15H2,1-2H3/q+1. The van der Waals surface area contributed by atoms with Gasteiger partial charge in [-0.3, -0.25) is 0 Å². The summed E-state index contributed by atoms with van der Waals surface area (Å²) < 4.78 is 2.39. The summed E-state index contributed by atoms with van der Waals surface area (Å²) in [6.07, 6.45) is 6.02. The average Bonchev–Trinajstić information content (AvgIpc) is 2.97. The molecule has 0 saturated heterocycles. The second-order valence-corrected chi connectivity index (χ2v) is 6.84. The van der Waals surface area contributed by atoms with Crippen molar-refractivity contribution in [3.63, 3.8) is 0 Å². The number of nitrogens with zero attached hydrogens (tertiary/aromatic N) is 1. The van der Waals surface area contributed by atoms with Crippen molar-refractivity contribution in [2.75, 3.05) is 0 Å². The van der Waals surface area contributed by atoms with Gasteiger partial charge in [0, 0.05) is 17.2 Å². The van der Waals surface area contributed by atoms with E-state index in [9.17, 15) is 0 Å². The predicted molar refractivity (Wildman–Crippen MR) is 100.0 cm³/mol. The van der Waals surface area contributed by atoms with E-state index in [1.165, 1.54) is 58.3 Å². The molecule has 0 amide bonds. The highest BCUT2D eigenvalue weighted by atomic mass is 15.0. The van der Waals surface area contributed by atoms with Gasteiger partial charge in [0.1, 0.15) is 0 Å². The SMILES string of the molecule is CCCCc1cccc(-c2c[n+]3c(cc2C)-c2ccccc2C3)c1. The fourth-order valence-corrected chi connectivity index (χ4v) is 3.73. The molecule has 4 rings (SSSR count). The van der Waals surface area contributed by atoms with Crippen molar-refractivity contribution in [3.05, 3.63) is 77.5 Å². The van der Waals surface area contributed by atoms with Crippen LogP contribution >= 0.6 is 0 Å². The van der Waals surface area contributed by atoms with Gasteiger partial charge in [-0.1, -0.05) is 55.8 Å². The number of hydrogen-bond donors (Lipinski definition) is 0. The molecule has 1 heteroatoms.